The third kappa shape index (κ3) is 5.00. The maximum atomic E-state index is 12.4. The summed E-state index contributed by atoms with van der Waals surface area (Å²) in [5, 5.41) is 7.19. The van der Waals surface area contributed by atoms with Crippen LogP contribution < -0.4 is 5.32 Å². The molecular formula is C14H19F3N2OS. The number of likely N-dealkylation sites (tertiary alicyclic amines) is 1. The molecule has 0 aromatic carbocycles. The summed E-state index contributed by atoms with van der Waals surface area (Å²) in [7, 11) is 0. The quantitative estimate of drug-likeness (QED) is 0.905. The number of hydrogen-bond acceptors (Lipinski definition) is 3. The highest BCUT2D eigenvalue weighted by Crippen LogP contribution is 2.21. The molecule has 1 fully saturated rings. The Kier molecular flexibility index (Phi) is 5.27. The predicted octanol–water partition coefficient (Wildman–Crippen LogP) is 2.82. The van der Waals surface area contributed by atoms with E-state index in [9.17, 15) is 18.0 Å². The molecule has 2 heterocycles. The lowest BCUT2D eigenvalue weighted by atomic mass is 10.0. The van der Waals surface area contributed by atoms with Crippen molar-refractivity contribution in [3.8, 4) is 0 Å². The van der Waals surface area contributed by atoms with Crippen molar-refractivity contribution in [2.24, 2.45) is 0 Å². The van der Waals surface area contributed by atoms with Crippen LogP contribution in [-0.4, -0.2) is 42.2 Å². The molecule has 0 bridgehead atoms. The van der Waals surface area contributed by atoms with Gasteiger partial charge in [-0.25, -0.2) is 0 Å². The molecule has 21 heavy (non-hydrogen) atoms. The van der Waals surface area contributed by atoms with Crippen molar-refractivity contribution in [2.75, 3.05) is 13.1 Å². The lowest BCUT2D eigenvalue weighted by Crippen LogP contribution is -2.55. The Labute approximate surface area is 126 Å². The fourth-order valence-electron chi connectivity index (χ4n) is 2.63. The molecule has 0 radical (unpaired) electrons. The van der Waals surface area contributed by atoms with Crippen molar-refractivity contribution in [3.63, 3.8) is 0 Å². The van der Waals surface area contributed by atoms with Crippen molar-refractivity contribution in [1.29, 1.82) is 0 Å². The second kappa shape index (κ2) is 6.79. The first-order valence-corrected chi connectivity index (χ1v) is 7.92. The molecule has 1 aromatic rings. The van der Waals surface area contributed by atoms with Crippen molar-refractivity contribution in [1.82, 2.24) is 10.2 Å². The smallest absolute Gasteiger partial charge is 0.332 e. The topological polar surface area (TPSA) is 32.3 Å². The standard InChI is InChI=1S/C14H19F3N2OS/c1-10(7-11-4-6-21-8-11)18-12-3-2-5-19(13(12)20)9-14(15,16)17/h4,6,8,10,12,18H,2-3,5,7,9H2,1H3. The van der Waals surface area contributed by atoms with E-state index in [-0.39, 0.29) is 12.6 Å². The van der Waals surface area contributed by atoms with Gasteiger partial charge in [-0.1, -0.05) is 0 Å². The highest BCUT2D eigenvalue weighted by atomic mass is 32.1. The number of thiophene rings is 1. The van der Waals surface area contributed by atoms with Gasteiger partial charge in [0.25, 0.3) is 0 Å². The summed E-state index contributed by atoms with van der Waals surface area (Å²) in [6.07, 6.45) is -2.36. The summed E-state index contributed by atoms with van der Waals surface area (Å²) in [5.41, 5.74) is 1.18. The number of halogens is 3. The summed E-state index contributed by atoms with van der Waals surface area (Å²) >= 11 is 1.61. The van der Waals surface area contributed by atoms with Crippen LogP contribution in [0.15, 0.2) is 16.8 Å². The highest BCUT2D eigenvalue weighted by molar-refractivity contribution is 7.07. The lowest BCUT2D eigenvalue weighted by Gasteiger charge is -2.34. The van der Waals surface area contributed by atoms with Crippen LogP contribution in [0.4, 0.5) is 13.2 Å². The molecule has 1 N–H and O–H groups in total. The normalized spacial score (nSPS) is 21.6. The molecule has 1 aromatic heterocycles. The maximum absolute atomic E-state index is 12.4. The Hall–Kier alpha value is -1.08. The zero-order chi connectivity index (χ0) is 15.5. The minimum Gasteiger partial charge on any atom is -0.332 e. The molecule has 2 atom stereocenters. The van der Waals surface area contributed by atoms with E-state index in [0.717, 1.165) is 11.3 Å². The average molecular weight is 320 g/mol. The largest absolute Gasteiger partial charge is 0.406 e. The third-order valence-corrected chi connectivity index (χ3v) is 4.24. The van der Waals surface area contributed by atoms with Gasteiger partial charge < -0.3 is 10.2 Å². The van der Waals surface area contributed by atoms with Crippen LogP contribution in [0.1, 0.15) is 25.3 Å². The molecule has 7 heteroatoms. The molecule has 0 spiro atoms. The fraction of sp³-hybridized carbons (Fsp3) is 0.643. The van der Waals surface area contributed by atoms with Gasteiger partial charge in [-0.15, -0.1) is 0 Å². The van der Waals surface area contributed by atoms with Crippen molar-refractivity contribution in [3.05, 3.63) is 22.4 Å². The Balaban J connectivity index is 1.88. The first-order valence-electron chi connectivity index (χ1n) is 6.98. The molecule has 3 nitrogen and oxygen atoms in total. The van der Waals surface area contributed by atoms with Crippen molar-refractivity contribution >= 4 is 17.2 Å². The Morgan fingerprint density at radius 3 is 2.90 bits per heavy atom. The van der Waals surface area contributed by atoms with Crippen LogP contribution in [0, 0.1) is 0 Å². The van der Waals surface area contributed by atoms with Gasteiger partial charge in [-0.2, -0.15) is 24.5 Å². The number of rotatable bonds is 5. The maximum Gasteiger partial charge on any atom is 0.406 e. The SMILES string of the molecule is CC(Cc1ccsc1)NC1CCCN(CC(F)(F)F)C1=O. The molecule has 118 valence electrons. The van der Waals surface area contributed by atoms with Crippen LogP contribution in [0.3, 0.4) is 0 Å². The zero-order valence-corrected chi connectivity index (χ0v) is 12.6. The molecule has 2 unspecified atom stereocenters. The van der Waals surface area contributed by atoms with Crippen LogP contribution in [-0.2, 0) is 11.2 Å². The van der Waals surface area contributed by atoms with Gasteiger partial charge in [0, 0.05) is 12.6 Å². The van der Waals surface area contributed by atoms with Gasteiger partial charge >= 0.3 is 6.18 Å². The number of nitrogens with zero attached hydrogens (tertiary/aromatic N) is 1. The van der Waals surface area contributed by atoms with Crippen LogP contribution in [0.5, 0.6) is 0 Å². The van der Waals surface area contributed by atoms with Gasteiger partial charge in [0.05, 0.1) is 6.04 Å². The number of nitrogens with one attached hydrogen (secondary N) is 1. The molecule has 1 saturated heterocycles. The van der Waals surface area contributed by atoms with Gasteiger partial charge in [-0.05, 0) is 48.6 Å². The van der Waals surface area contributed by atoms with E-state index in [2.05, 4.69) is 5.32 Å². The summed E-state index contributed by atoms with van der Waals surface area (Å²) in [6.45, 7) is 0.992. The molecule has 0 aliphatic carbocycles. The first-order chi connectivity index (χ1) is 9.85. The van der Waals surface area contributed by atoms with Gasteiger partial charge in [0.15, 0.2) is 0 Å². The summed E-state index contributed by atoms with van der Waals surface area (Å²) in [6, 6.07) is 1.57. The second-order valence-corrected chi connectivity index (χ2v) is 6.25. The average Bonchev–Trinajstić information content (AvgIpc) is 2.85. The highest BCUT2D eigenvalue weighted by Gasteiger charge is 2.37. The number of hydrogen-bond donors (Lipinski definition) is 1. The summed E-state index contributed by atoms with van der Waals surface area (Å²) in [4.78, 5) is 13.0. The van der Waals surface area contributed by atoms with Crippen molar-refractivity contribution in [2.45, 2.75) is 44.4 Å². The van der Waals surface area contributed by atoms with Crippen LogP contribution in [0.2, 0.25) is 0 Å². The Morgan fingerprint density at radius 2 is 2.29 bits per heavy atom. The van der Waals surface area contributed by atoms with E-state index in [4.69, 9.17) is 0 Å². The van der Waals surface area contributed by atoms with Gasteiger partial charge in [-0.3, -0.25) is 4.79 Å². The minimum absolute atomic E-state index is 0.0550. The first kappa shape index (κ1) is 16.3. The molecule has 2 rings (SSSR count). The van der Waals surface area contributed by atoms with Gasteiger partial charge in [0.2, 0.25) is 5.91 Å². The van der Waals surface area contributed by atoms with Gasteiger partial charge in [0.1, 0.15) is 6.54 Å². The number of carbonyl (C=O) groups excluding carboxylic acids is 1. The fourth-order valence-corrected chi connectivity index (χ4v) is 3.31. The Bertz CT molecular complexity index is 461. The summed E-state index contributed by atoms with van der Waals surface area (Å²) in [5.74, 6) is -0.434. The predicted molar refractivity (Wildman–Crippen MR) is 76.3 cm³/mol. The number of piperidine rings is 1. The van der Waals surface area contributed by atoms with E-state index in [1.807, 2.05) is 23.8 Å². The molecule has 0 saturated carbocycles. The van der Waals surface area contributed by atoms with Crippen LogP contribution in [0.25, 0.3) is 0 Å². The zero-order valence-electron chi connectivity index (χ0n) is 11.8. The number of alkyl halides is 3. The molecule has 1 aliphatic rings. The number of carbonyl (C=O) groups is 1. The van der Waals surface area contributed by atoms with E-state index in [1.165, 1.54) is 5.56 Å². The third-order valence-electron chi connectivity index (χ3n) is 3.51. The monoisotopic (exact) mass is 320 g/mol. The van der Waals surface area contributed by atoms with E-state index >= 15 is 0 Å². The number of amides is 1. The molecule has 1 amide bonds. The second-order valence-electron chi connectivity index (χ2n) is 5.47. The summed E-state index contributed by atoms with van der Waals surface area (Å²) < 4.78 is 37.3. The molecular weight excluding hydrogens is 301 g/mol. The van der Waals surface area contributed by atoms with E-state index in [1.54, 1.807) is 11.3 Å². The minimum atomic E-state index is -4.33. The van der Waals surface area contributed by atoms with E-state index in [0.29, 0.717) is 12.8 Å². The van der Waals surface area contributed by atoms with Crippen molar-refractivity contribution < 1.29 is 18.0 Å². The Morgan fingerprint density at radius 1 is 1.52 bits per heavy atom. The lowest BCUT2D eigenvalue weighted by molar-refractivity contribution is -0.165. The van der Waals surface area contributed by atoms with E-state index < -0.39 is 24.7 Å². The van der Waals surface area contributed by atoms with Crippen LogP contribution >= 0.6 is 11.3 Å². The molecule has 1 aliphatic heterocycles.